The standard InChI is InChI=1S/C24H24N2O2/c1-17-9-11-18(12-10-17)22-16-21(25-26(22)20-7-5-4-6-8-20)19-13-14-23(27-2)24(15-19)28-3/h4-15,22H,16H2,1-3H3. The average Bonchev–Trinajstić information content (AvgIpc) is 3.20. The van der Waals surface area contributed by atoms with E-state index in [4.69, 9.17) is 14.6 Å². The van der Waals surface area contributed by atoms with E-state index in [1.165, 1.54) is 11.1 Å². The Morgan fingerprint density at radius 2 is 1.57 bits per heavy atom. The van der Waals surface area contributed by atoms with Crippen LogP contribution in [0, 0.1) is 6.92 Å². The summed E-state index contributed by atoms with van der Waals surface area (Å²) in [4.78, 5) is 0. The molecule has 4 heteroatoms. The second-order valence-electron chi connectivity index (χ2n) is 6.93. The fourth-order valence-electron chi connectivity index (χ4n) is 3.57. The third-order valence-electron chi connectivity index (χ3n) is 5.11. The molecule has 1 aliphatic rings. The van der Waals surface area contributed by atoms with Gasteiger partial charge in [0.2, 0.25) is 0 Å². The molecule has 0 saturated heterocycles. The molecule has 0 N–H and O–H groups in total. The summed E-state index contributed by atoms with van der Waals surface area (Å²) in [5.41, 5.74) is 5.69. The van der Waals surface area contributed by atoms with Crippen molar-refractivity contribution in [2.75, 3.05) is 19.2 Å². The van der Waals surface area contributed by atoms with Crippen molar-refractivity contribution in [2.45, 2.75) is 19.4 Å². The highest BCUT2D eigenvalue weighted by molar-refractivity contribution is 6.03. The molecule has 3 aromatic rings. The number of para-hydroxylation sites is 1. The van der Waals surface area contributed by atoms with Gasteiger partial charge in [-0.2, -0.15) is 5.10 Å². The van der Waals surface area contributed by atoms with Gasteiger partial charge in [0.05, 0.1) is 31.7 Å². The number of methoxy groups -OCH3 is 2. The minimum atomic E-state index is 0.158. The lowest BCUT2D eigenvalue weighted by atomic mass is 9.97. The van der Waals surface area contributed by atoms with Gasteiger partial charge < -0.3 is 9.47 Å². The summed E-state index contributed by atoms with van der Waals surface area (Å²) in [6.07, 6.45) is 0.827. The number of aryl methyl sites for hydroxylation is 1. The molecule has 0 aliphatic carbocycles. The first-order chi connectivity index (χ1) is 13.7. The largest absolute Gasteiger partial charge is 0.493 e. The second kappa shape index (κ2) is 7.77. The number of hydrogen-bond acceptors (Lipinski definition) is 4. The van der Waals surface area contributed by atoms with Crippen molar-refractivity contribution in [3.05, 3.63) is 89.5 Å². The number of anilines is 1. The molecule has 142 valence electrons. The minimum Gasteiger partial charge on any atom is -0.493 e. The number of benzene rings is 3. The van der Waals surface area contributed by atoms with Gasteiger partial charge in [0, 0.05) is 12.0 Å². The van der Waals surface area contributed by atoms with Crippen LogP contribution < -0.4 is 14.5 Å². The van der Waals surface area contributed by atoms with Crippen molar-refractivity contribution in [1.29, 1.82) is 0 Å². The van der Waals surface area contributed by atoms with E-state index in [2.05, 4.69) is 48.3 Å². The van der Waals surface area contributed by atoms with Gasteiger partial charge in [-0.15, -0.1) is 0 Å². The molecule has 4 nitrogen and oxygen atoms in total. The van der Waals surface area contributed by atoms with E-state index in [0.717, 1.165) is 29.1 Å². The predicted octanol–water partition coefficient (Wildman–Crippen LogP) is 5.37. The Morgan fingerprint density at radius 3 is 2.25 bits per heavy atom. The first kappa shape index (κ1) is 18.1. The van der Waals surface area contributed by atoms with Crippen LogP contribution in [0.15, 0.2) is 77.9 Å². The van der Waals surface area contributed by atoms with Crippen LogP contribution in [0.3, 0.4) is 0 Å². The van der Waals surface area contributed by atoms with Crippen LogP contribution in [0.5, 0.6) is 11.5 Å². The van der Waals surface area contributed by atoms with Crippen molar-refractivity contribution in [3.63, 3.8) is 0 Å². The first-order valence-electron chi connectivity index (χ1n) is 9.40. The zero-order chi connectivity index (χ0) is 19.5. The fraction of sp³-hybridized carbons (Fsp3) is 0.208. The monoisotopic (exact) mass is 372 g/mol. The van der Waals surface area contributed by atoms with E-state index >= 15 is 0 Å². The van der Waals surface area contributed by atoms with Crippen LogP contribution in [0.4, 0.5) is 5.69 Å². The Balaban J connectivity index is 1.74. The number of rotatable bonds is 5. The number of hydrazone groups is 1. The molecule has 0 fully saturated rings. The van der Waals surface area contributed by atoms with Gasteiger partial charge in [-0.1, -0.05) is 48.0 Å². The maximum absolute atomic E-state index is 5.48. The van der Waals surface area contributed by atoms with E-state index in [1.54, 1.807) is 14.2 Å². The summed E-state index contributed by atoms with van der Waals surface area (Å²) < 4.78 is 10.8. The molecular formula is C24H24N2O2. The lowest BCUT2D eigenvalue weighted by molar-refractivity contribution is 0.355. The van der Waals surface area contributed by atoms with E-state index in [9.17, 15) is 0 Å². The Hall–Kier alpha value is -3.27. The van der Waals surface area contributed by atoms with Gasteiger partial charge in [-0.3, -0.25) is 5.01 Å². The summed E-state index contributed by atoms with van der Waals surface area (Å²) >= 11 is 0. The third kappa shape index (κ3) is 3.46. The molecule has 28 heavy (non-hydrogen) atoms. The van der Waals surface area contributed by atoms with Crippen LogP contribution in [0.25, 0.3) is 0 Å². The van der Waals surface area contributed by atoms with Crippen molar-refractivity contribution >= 4 is 11.4 Å². The SMILES string of the molecule is COc1ccc(C2=NN(c3ccccc3)C(c3ccc(C)cc3)C2)cc1OC. The second-order valence-corrected chi connectivity index (χ2v) is 6.93. The average molecular weight is 372 g/mol. The van der Waals surface area contributed by atoms with E-state index in [1.807, 2.05) is 36.4 Å². The third-order valence-corrected chi connectivity index (χ3v) is 5.11. The Morgan fingerprint density at radius 1 is 0.857 bits per heavy atom. The molecule has 3 aromatic carbocycles. The highest BCUT2D eigenvalue weighted by Gasteiger charge is 2.30. The highest BCUT2D eigenvalue weighted by atomic mass is 16.5. The predicted molar refractivity (Wildman–Crippen MR) is 114 cm³/mol. The molecule has 0 amide bonds. The van der Waals surface area contributed by atoms with Gasteiger partial charge in [0.25, 0.3) is 0 Å². The molecule has 0 spiro atoms. The smallest absolute Gasteiger partial charge is 0.161 e. The van der Waals surface area contributed by atoms with Crippen molar-refractivity contribution in [1.82, 2.24) is 0 Å². The summed E-state index contributed by atoms with van der Waals surface area (Å²) in [6.45, 7) is 2.11. The van der Waals surface area contributed by atoms with Crippen LogP contribution >= 0.6 is 0 Å². The summed E-state index contributed by atoms with van der Waals surface area (Å²) in [6, 6.07) is 25.2. The fourth-order valence-corrected chi connectivity index (χ4v) is 3.57. The topological polar surface area (TPSA) is 34.1 Å². The van der Waals surface area contributed by atoms with Crippen molar-refractivity contribution in [2.24, 2.45) is 5.10 Å². The normalized spacial score (nSPS) is 16.0. The van der Waals surface area contributed by atoms with E-state index in [0.29, 0.717) is 5.75 Å². The van der Waals surface area contributed by atoms with Crippen LogP contribution in [0.2, 0.25) is 0 Å². The number of nitrogens with zero attached hydrogens (tertiary/aromatic N) is 2. The summed E-state index contributed by atoms with van der Waals surface area (Å²) in [5, 5.41) is 7.12. The van der Waals surface area contributed by atoms with Gasteiger partial charge in [-0.25, -0.2) is 0 Å². The molecule has 1 aliphatic heterocycles. The van der Waals surface area contributed by atoms with Crippen LogP contribution in [-0.4, -0.2) is 19.9 Å². The molecule has 0 radical (unpaired) electrons. The Kier molecular flexibility index (Phi) is 5.02. The molecule has 1 heterocycles. The van der Waals surface area contributed by atoms with Gasteiger partial charge >= 0.3 is 0 Å². The molecule has 0 saturated carbocycles. The van der Waals surface area contributed by atoms with Crippen molar-refractivity contribution in [3.8, 4) is 11.5 Å². The Bertz CT molecular complexity index is 981. The molecule has 1 atom stereocenters. The lowest BCUT2D eigenvalue weighted by Gasteiger charge is -2.24. The minimum absolute atomic E-state index is 0.158. The first-order valence-corrected chi connectivity index (χ1v) is 9.40. The molecule has 1 unspecified atom stereocenters. The van der Waals surface area contributed by atoms with Gasteiger partial charge in [-0.05, 0) is 42.8 Å². The maximum atomic E-state index is 5.48. The van der Waals surface area contributed by atoms with Crippen molar-refractivity contribution < 1.29 is 9.47 Å². The lowest BCUT2D eigenvalue weighted by Crippen LogP contribution is -2.18. The number of ether oxygens (including phenoxy) is 2. The zero-order valence-corrected chi connectivity index (χ0v) is 16.4. The summed E-state index contributed by atoms with van der Waals surface area (Å²) in [5.74, 6) is 1.44. The highest BCUT2D eigenvalue weighted by Crippen LogP contribution is 2.38. The van der Waals surface area contributed by atoms with E-state index < -0.39 is 0 Å². The van der Waals surface area contributed by atoms with Crippen LogP contribution in [-0.2, 0) is 0 Å². The molecule has 0 bridgehead atoms. The Labute approximate surface area is 166 Å². The quantitative estimate of drug-likeness (QED) is 0.604. The van der Waals surface area contributed by atoms with Gasteiger partial charge in [0.1, 0.15) is 0 Å². The summed E-state index contributed by atoms with van der Waals surface area (Å²) in [7, 11) is 3.30. The van der Waals surface area contributed by atoms with E-state index in [-0.39, 0.29) is 6.04 Å². The maximum Gasteiger partial charge on any atom is 0.161 e. The molecule has 4 rings (SSSR count). The number of hydrogen-bond donors (Lipinski definition) is 0. The molecular weight excluding hydrogens is 348 g/mol. The zero-order valence-electron chi connectivity index (χ0n) is 16.4. The van der Waals surface area contributed by atoms with Gasteiger partial charge in [0.15, 0.2) is 11.5 Å². The van der Waals surface area contributed by atoms with Crippen LogP contribution in [0.1, 0.15) is 29.2 Å². The molecule has 0 aromatic heterocycles.